The first-order valence-corrected chi connectivity index (χ1v) is 12.4. The predicted octanol–water partition coefficient (Wildman–Crippen LogP) is 3.68. The summed E-state index contributed by atoms with van der Waals surface area (Å²) >= 11 is 0. The molecule has 2 atom stereocenters. The van der Waals surface area contributed by atoms with Crippen LogP contribution in [0.1, 0.15) is 35.6 Å². The van der Waals surface area contributed by atoms with Gasteiger partial charge in [0.05, 0.1) is 22.8 Å². The molecule has 0 bridgehead atoms. The van der Waals surface area contributed by atoms with Gasteiger partial charge in [-0.3, -0.25) is 4.79 Å². The molecule has 1 amide bonds. The Balaban J connectivity index is 1.48. The molecule has 0 spiro atoms. The predicted molar refractivity (Wildman–Crippen MR) is 126 cm³/mol. The van der Waals surface area contributed by atoms with Gasteiger partial charge >= 0.3 is 0 Å². The van der Waals surface area contributed by atoms with Gasteiger partial charge in [0.1, 0.15) is 5.69 Å². The zero-order valence-electron chi connectivity index (χ0n) is 19.4. The normalized spacial score (nSPS) is 19.2. The number of carbonyl (C=O) groups excluding carboxylic acids is 1. The number of ether oxygens (including phenoxy) is 1. The SMILES string of the molecule is Cc1cc(C)n(-c2ccc(NC(=O)c3ccc(S(=O)(=O)N4CC(C)OC(C)C4)cc3)cc2F)n1. The molecule has 0 aliphatic carbocycles. The van der Waals surface area contributed by atoms with Crippen molar-refractivity contribution in [2.45, 2.75) is 44.8 Å². The standard InChI is InChI=1S/C24H27FN4O4S/c1-15-11-16(2)29(27-15)23-10-7-20(12-22(23)25)26-24(30)19-5-8-21(9-6-19)34(31,32)28-13-17(3)33-18(4)14-28/h5-12,17-18H,13-14H2,1-4H3,(H,26,30). The molecule has 0 radical (unpaired) electrons. The van der Waals surface area contributed by atoms with Gasteiger partial charge in [-0.25, -0.2) is 17.5 Å². The fourth-order valence-electron chi connectivity index (χ4n) is 4.09. The zero-order chi connectivity index (χ0) is 24.6. The lowest BCUT2D eigenvalue weighted by molar-refractivity contribution is -0.0440. The van der Waals surface area contributed by atoms with E-state index in [1.54, 1.807) is 12.1 Å². The molecule has 34 heavy (non-hydrogen) atoms. The average Bonchev–Trinajstić information content (AvgIpc) is 3.10. The monoisotopic (exact) mass is 486 g/mol. The number of nitrogens with zero attached hydrogens (tertiary/aromatic N) is 3. The van der Waals surface area contributed by atoms with E-state index in [0.29, 0.717) is 0 Å². The van der Waals surface area contributed by atoms with Crippen molar-refractivity contribution in [1.29, 1.82) is 0 Å². The van der Waals surface area contributed by atoms with Gasteiger partial charge in [0.2, 0.25) is 10.0 Å². The maximum atomic E-state index is 14.7. The molecule has 1 aliphatic heterocycles. The Labute approximate surface area is 198 Å². The van der Waals surface area contributed by atoms with Crippen molar-refractivity contribution < 1.29 is 22.3 Å². The van der Waals surface area contributed by atoms with Crippen molar-refractivity contribution in [2.24, 2.45) is 0 Å². The van der Waals surface area contributed by atoms with Crippen molar-refractivity contribution in [1.82, 2.24) is 14.1 Å². The number of hydrogen-bond acceptors (Lipinski definition) is 5. The molecule has 2 unspecified atom stereocenters. The minimum absolute atomic E-state index is 0.102. The highest BCUT2D eigenvalue weighted by molar-refractivity contribution is 7.89. The van der Waals surface area contributed by atoms with E-state index in [1.807, 2.05) is 33.8 Å². The summed E-state index contributed by atoms with van der Waals surface area (Å²) in [6, 6.07) is 11.9. The molecule has 180 valence electrons. The summed E-state index contributed by atoms with van der Waals surface area (Å²) in [6.07, 6.45) is -0.395. The third kappa shape index (κ3) is 4.89. The third-order valence-electron chi connectivity index (χ3n) is 5.58. The highest BCUT2D eigenvalue weighted by atomic mass is 32.2. The molecule has 1 aromatic heterocycles. The number of halogens is 1. The number of carbonyl (C=O) groups is 1. The first kappa shape index (κ1) is 24.1. The number of aromatic nitrogens is 2. The second-order valence-electron chi connectivity index (χ2n) is 8.56. The van der Waals surface area contributed by atoms with Crippen LogP contribution in [0.2, 0.25) is 0 Å². The van der Waals surface area contributed by atoms with Crippen molar-refractivity contribution in [3.8, 4) is 5.69 Å². The summed E-state index contributed by atoms with van der Waals surface area (Å²) in [5, 5.41) is 6.93. The molecule has 1 aliphatic rings. The Kier molecular flexibility index (Phi) is 6.57. The summed E-state index contributed by atoms with van der Waals surface area (Å²) in [4.78, 5) is 12.8. The van der Waals surface area contributed by atoms with Crippen LogP contribution in [0.3, 0.4) is 0 Å². The molecular weight excluding hydrogens is 459 g/mol. The summed E-state index contributed by atoms with van der Waals surface area (Å²) in [7, 11) is -3.70. The van der Waals surface area contributed by atoms with Crippen LogP contribution in [0.15, 0.2) is 53.4 Å². The largest absolute Gasteiger partial charge is 0.373 e. The smallest absolute Gasteiger partial charge is 0.255 e. The molecule has 2 aromatic carbocycles. The number of amides is 1. The number of benzene rings is 2. The van der Waals surface area contributed by atoms with Gasteiger partial charge in [0.15, 0.2) is 5.82 Å². The zero-order valence-corrected chi connectivity index (χ0v) is 20.3. The van der Waals surface area contributed by atoms with Crippen molar-refractivity contribution in [3.63, 3.8) is 0 Å². The number of nitrogens with one attached hydrogen (secondary N) is 1. The van der Waals surface area contributed by atoms with Crippen LogP contribution in [0.25, 0.3) is 5.69 Å². The highest BCUT2D eigenvalue weighted by Crippen LogP contribution is 2.23. The lowest BCUT2D eigenvalue weighted by atomic mass is 10.2. The van der Waals surface area contributed by atoms with E-state index in [4.69, 9.17) is 4.74 Å². The molecule has 3 aromatic rings. The van der Waals surface area contributed by atoms with E-state index >= 15 is 0 Å². The highest BCUT2D eigenvalue weighted by Gasteiger charge is 2.32. The van der Waals surface area contributed by atoms with Crippen molar-refractivity contribution in [2.75, 3.05) is 18.4 Å². The summed E-state index contributed by atoms with van der Waals surface area (Å²) < 4.78 is 49.2. The van der Waals surface area contributed by atoms with Gasteiger partial charge in [-0.05, 0) is 76.2 Å². The Morgan fingerprint density at radius 2 is 1.71 bits per heavy atom. The van der Waals surface area contributed by atoms with Crippen LogP contribution in [-0.4, -0.2) is 53.7 Å². The lowest BCUT2D eigenvalue weighted by Gasteiger charge is -2.34. The Bertz CT molecular complexity index is 1310. The van der Waals surface area contributed by atoms with E-state index < -0.39 is 21.7 Å². The number of sulfonamides is 1. The van der Waals surface area contributed by atoms with Crippen LogP contribution >= 0.6 is 0 Å². The third-order valence-corrected chi connectivity index (χ3v) is 7.43. The van der Waals surface area contributed by atoms with Crippen LogP contribution < -0.4 is 5.32 Å². The quantitative estimate of drug-likeness (QED) is 0.594. The molecule has 1 fully saturated rings. The molecule has 1 saturated heterocycles. The number of morpholine rings is 1. The van der Waals surface area contributed by atoms with Gasteiger partial charge in [0, 0.05) is 30.0 Å². The number of rotatable bonds is 5. The van der Waals surface area contributed by atoms with E-state index in [2.05, 4.69) is 10.4 Å². The van der Waals surface area contributed by atoms with Gasteiger partial charge in [-0.2, -0.15) is 9.40 Å². The maximum Gasteiger partial charge on any atom is 0.255 e. The Morgan fingerprint density at radius 1 is 1.06 bits per heavy atom. The van der Waals surface area contributed by atoms with Gasteiger partial charge in [0.25, 0.3) is 5.91 Å². The fraction of sp³-hybridized carbons (Fsp3) is 0.333. The summed E-state index contributed by atoms with van der Waals surface area (Å²) in [5.41, 5.74) is 2.39. The summed E-state index contributed by atoms with van der Waals surface area (Å²) in [5.74, 6) is -1.00. The Hall–Kier alpha value is -3.08. The van der Waals surface area contributed by atoms with E-state index in [0.717, 1.165) is 11.4 Å². The first-order valence-electron chi connectivity index (χ1n) is 10.9. The Morgan fingerprint density at radius 3 is 2.26 bits per heavy atom. The van der Waals surface area contributed by atoms with Crippen LogP contribution in [-0.2, 0) is 14.8 Å². The minimum Gasteiger partial charge on any atom is -0.373 e. The lowest BCUT2D eigenvalue weighted by Crippen LogP contribution is -2.48. The van der Waals surface area contributed by atoms with E-state index in [1.165, 1.54) is 39.3 Å². The van der Waals surface area contributed by atoms with Gasteiger partial charge < -0.3 is 10.1 Å². The molecule has 10 heteroatoms. The minimum atomic E-state index is -3.70. The van der Waals surface area contributed by atoms with Crippen LogP contribution in [0.4, 0.5) is 10.1 Å². The molecule has 8 nitrogen and oxygen atoms in total. The molecule has 1 N–H and O–H groups in total. The van der Waals surface area contributed by atoms with Crippen LogP contribution in [0, 0.1) is 19.7 Å². The molecule has 0 saturated carbocycles. The average molecular weight is 487 g/mol. The first-order chi connectivity index (χ1) is 16.0. The molecule has 2 heterocycles. The summed E-state index contributed by atoms with van der Waals surface area (Å²) in [6.45, 7) is 7.87. The maximum absolute atomic E-state index is 14.7. The fourth-order valence-corrected chi connectivity index (χ4v) is 5.68. The van der Waals surface area contributed by atoms with Crippen molar-refractivity contribution >= 4 is 21.6 Å². The second kappa shape index (κ2) is 9.28. The second-order valence-corrected chi connectivity index (χ2v) is 10.5. The van der Waals surface area contributed by atoms with Crippen molar-refractivity contribution in [3.05, 3.63) is 71.3 Å². The number of anilines is 1. The molecular formula is C24H27FN4O4S. The van der Waals surface area contributed by atoms with E-state index in [-0.39, 0.29) is 47.1 Å². The van der Waals surface area contributed by atoms with Crippen LogP contribution in [0.5, 0.6) is 0 Å². The molecule has 4 rings (SSSR count). The number of aryl methyl sites for hydroxylation is 2. The van der Waals surface area contributed by atoms with E-state index in [9.17, 15) is 17.6 Å². The van der Waals surface area contributed by atoms with Gasteiger partial charge in [-0.15, -0.1) is 0 Å². The van der Waals surface area contributed by atoms with Gasteiger partial charge in [-0.1, -0.05) is 0 Å². The number of hydrogen-bond donors (Lipinski definition) is 1. The topological polar surface area (TPSA) is 93.5 Å².